The Morgan fingerprint density at radius 3 is 2.55 bits per heavy atom. The van der Waals surface area contributed by atoms with Gasteiger partial charge in [-0.15, -0.1) is 11.3 Å². The van der Waals surface area contributed by atoms with Crippen LogP contribution in [0.4, 0.5) is 10.7 Å². The van der Waals surface area contributed by atoms with Gasteiger partial charge in [0, 0.05) is 19.8 Å². The number of rotatable bonds is 5. The lowest BCUT2D eigenvalue weighted by Gasteiger charge is -2.18. The summed E-state index contributed by atoms with van der Waals surface area (Å²) in [6.07, 6.45) is 3.41. The number of nitrogen functional groups attached to an aromatic ring is 1. The summed E-state index contributed by atoms with van der Waals surface area (Å²) in [5, 5.41) is 0.511. The van der Waals surface area contributed by atoms with E-state index >= 15 is 0 Å². The number of nitrogens with zero attached hydrogens (tertiary/aromatic N) is 1. The molecule has 0 unspecified atom stereocenters. The Morgan fingerprint density at radius 1 is 1.50 bits per heavy atom. The number of sulfone groups is 1. The third-order valence-corrected chi connectivity index (χ3v) is 5.78. The van der Waals surface area contributed by atoms with Crippen LogP contribution in [-0.2, 0) is 14.6 Å². The molecule has 1 heterocycles. The van der Waals surface area contributed by atoms with Gasteiger partial charge in [0.15, 0.2) is 9.84 Å². The summed E-state index contributed by atoms with van der Waals surface area (Å²) in [7, 11) is -0.445. The monoisotopic (exact) mass is 318 g/mol. The minimum atomic E-state index is -3.51. The Kier molecular flexibility index (Phi) is 3.97. The minimum Gasteiger partial charge on any atom is -0.465 e. The van der Waals surface area contributed by atoms with Crippen LogP contribution in [0.15, 0.2) is 4.90 Å². The average Bonchev–Trinajstić information content (AvgIpc) is 3.07. The van der Waals surface area contributed by atoms with Crippen LogP contribution in [-0.4, -0.2) is 41.3 Å². The van der Waals surface area contributed by atoms with Crippen molar-refractivity contribution < 1.29 is 17.9 Å². The van der Waals surface area contributed by atoms with Crippen molar-refractivity contribution in [2.75, 3.05) is 37.6 Å². The molecule has 1 aromatic heterocycles. The molecule has 20 heavy (non-hydrogen) atoms. The van der Waals surface area contributed by atoms with Crippen molar-refractivity contribution in [3.63, 3.8) is 0 Å². The number of anilines is 2. The van der Waals surface area contributed by atoms with Crippen LogP contribution in [0.2, 0.25) is 0 Å². The van der Waals surface area contributed by atoms with Crippen LogP contribution in [0, 0.1) is 5.92 Å². The molecular weight excluding hydrogens is 300 g/mol. The zero-order valence-electron chi connectivity index (χ0n) is 11.7. The van der Waals surface area contributed by atoms with Crippen molar-refractivity contribution in [3.05, 3.63) is 4.88 Å². The van der Waals surface area contributed by atoms with Crippen molar-refractivity contribution in [1.82, 2.24) is 0 Å². The number of hydrogen-bond acceptors (Lipinski definition) is 7. The molecule has 8 heteroatoms. The molecule has 2 N–H and O–H groups in total. The molecule has 1 aliphatic rings. The molecule has 1 aromatic rings. The van der Waals surface area contributed by atoms with E-state index in [1.54, 1.807) is 0 Å². The number of ether oxygens (including phenoxy) is 1. The molecular formula is C12H18N2O4S2. The van der Waals surface area contributed by atoms with Crippen molar-refractivity contribution in [2.45, 2.75) is 17.7 Å². The number of hydrogen-bond donors (Lipinski definition) is 1. The van der Waals surface area contributed by atoms with Gasteiger partial charge in [-0.3, -0.25) is 0 Å². The third-order valence-electron chi connectivity index (χ3n) is 3.20. The lowest BCUT2D eigenvalue weighted by atomic mass is 10.3. The predicted molar refractivity (Wildman–Crippen MR) is 79.2 cm³/mol. The van der Waals surface area contributed by atoms with E-state index in [0.717, 1.165) is 37.0 Å². The van der Waals surface area contributed by atoms with E-state index in [-0.39, 0.29) is 15.5 Å². The standard InChI is InChI=1S/C12H18N2O4S2/c1-14(6-7-4-5-7)11-10(20(3,16)17)8(13)9(19-11)12(15)18-2/h7H,4-6,13H2,1-3H3. The van der Waals surface area contributed by atoms with Crippen molar-refractivity contribution in [3.8, 4) is 0 Å². The molecule has 0 aromatic carbocycles. The van der Waals surface area contributed by atoms with Gasteiger partial charge in [-0.2, -0.15) is 0 Å². The molecule has 0 bridgehead atoms. The Balaban J connectivity index is 2.50. The second kappa shape index (κ2) is 5.25. The van der Waals surface area contributed by atoms with Crippen LogP contribution in [0.1, 0.15) is 22.5 Å². The van der Waals surface area contributed by atoms with E-state index in [2.05, 4.69) is 4.74 Å². The molecule has 0 aliphatic heterocycles. The van der Waals surface area contributed by atoms with Crippen molar-refractivity contribution in [2.24, 2.45) is 5.92 Å². The molecule has 1 aliphatic carbocycles. The van der Waals surface area contributed by atoms with E-state index in [9.17, 15) is 13.2 Å². The first kappa shape index (κ1) is 15.1. The summed E-state index contributed by atoms with van der Waals surface area (Å²) in [5.41, 5.74) is 5.84. The third kappa shape index (κ3) is 2.90. The fraction of sp³-hybridized carbons (Fsp3) is 0.583. The summed E-state index contributed by atoms with van der Waals surface area (Å²) in [6.45, 7) is 0.767. The second-order valence-electron chi connectivity index (χ2n) is 5.07. The Hall–Kier alpha value is -1.28. The Bertz CT molecular complexity index is 632. The number of carbonyl (C=O) groups is 1. The van der Waals surface area contributed by atoms with Gasteiger partial charge in [-0.05, 0) is 18.8 Å². The average molecular weight is 318 g/mol. The van der Waals surface area contributed by atoms with E-state index in [4.69, 9.17) is 5.73 Å². The fourth-order valence-electron chi connectivity index (χ4n) is 2.04. The first-order valence-corrected chi connectivity index (χ1v) is 8.88. The van der Waals surface area contributed by atoms with Gasteiger partial charge in [0.25, 0.3) is 0 Å². The highest BCUT2D eigenvalue weighted by Crippen LogP contribution is 2.42. The number of esters is 1. The summed E-state index contributed by atoms with van der Waals surface area (Å²) >= 11 is 1.07. The van der Waals surface area contributed by atoms with Crippen LogP contribution < -0.4 is 10.6 Å². The van der Waals surface area contributed by atoms with Crippen LogP contribution in [0.5, 0.6) is 0 Å². The van der Waals surface area contributed by atoms with Crippen molar-refractivity contribution in [1.29, 1.82) is 0 Å². The molecule has 0 atom stereocenters. The van der Waals surface area contributed by atoms with Gasteiger partial charge in [0.05, 0.1) is 12.8 Å². The smallest absolute Gasteiger partial charge is 0.350 e. The molecule has 0 saturated heterocycles. The van der Waals surface area contributed by atoms with Gasteiger partial charge in [-0.1, -0.05) is 0 Å². The Labute approximate surface area is 122 Å². The maximum absolute atomic E-state index is 12.0. The van der Waals surface area contributed by atoms with Crippen LogP contribution in [0.25, 0.3) is 0 Å². The summed E-state index contributed by atoms with van der Waals surface area (Å²) in [4.78, 5) is 13.7. The first-order chi connectivity index (χ1) is 9.25. The van der Waals surface area contributed by atoms with Gasteiger partial charge < -0.3 is 15.4 Å². The molecule has 0 amide bonds. The van der Waals surface area contributed by atoms with E-state index in [1.807, 2.05) is 11.9 Å². The fourth-order valence-corrected chi connectivity index (χ4v) is 4.66. The maximum atomic E-state index is 12.0. The van der Waals surface area contributed by atoms with E-state index in [0.29, 0.717) is 10.9 Å². The SMILES string of the molecule is COC(=O)c1sc(N(C)CC2CC2)c(S(C)(=O)=O)c1N. The lowest BCUT2D eigenvalue weighted by molar-refractivity contribution is 0.0607. The summed E-state index contributed by atoms with van der Waals surface area (Å²) < 4.78 is 28.6. The molecule has 1 saturated carbocycles. The highest BCUT2D eigenvalue weighted by molar-refractivity contribution is 7.91. The molecule has 0 spiro atoms. The van der Waals surface area contributed by atoms with E-state index in [1.165, 1.54) is 7.11 Å². The number of thiophene rings is 1. The largest absolute Gasteiger partial charge is 0.465 e. The molecule has 2 rings (SSSR count). The highest BCUT2D eigenvalue weighted by atomic mass is 32.2. The first-order valence-electron chi connectivity index (χ1n) is 6.17. The molecule has 112 valence electrons. The molecule has 0 radical (unpaired) electrons. The second-order valence-corrected chi connectivity index (χ2v) is 8.02. The zero-order chi connectivity index (χ0) is 15.1. The molecule has 1 fully saturated rings. The highest BCUT2D eigenvalue weighted by Gasteiger charge is 2.31. The topological polar surface area (TPSA) is 89.7 Å². The van der Waals surface area contributed by atoms with Gasteiger partial charge in [-0.25, -0.2) is 13.2 Å². The predicted octanol–water partition coefficient (Wildman–Crippen LogP) is 1.37. The number of nitrogens with two attached hydrogens (primary N) is 1. The lowest BCUT2D eigenvalue weighted by Crippen LogP contribution is -2.20. The van der Waals surface area contributed by atoms with Gasteiger partial charge in [0.2, 0.25) is 0 Å². The summed E-state index contributed by atoms with van der Waals surface area (Å²) in [5.74, 6) is -0.0132. The Morgan fingerprint density at radius 2 is 2.10 bits per heavy atom. The maximum Gasteiger partial charge on any atom is 0.350 e. The van der Waals surface area contributed by atoms with Gasteiger partial charge >= 0.3 is 5.97 Å². The normalized spacial score (nSPS) is 15.2. The zero-order valence-corrected chi connectivity index (χ0v) is 13.3. The van der Waals surface area contributed by atoms with Gasteiger partial charge in [0.1, 0.15) is 14.8 Å². The number of methoxy groups -OCH3 is 1. The number of carbonyl (C=O) groups excluding carboxylic acids is 1. The van der Waals surface area contributed by atoms with E-state index < -0.39 is 15.8 Å². The van der Waals surface area contributed by atoms with Crippen LogP contribution >= 0.6 is 11.3 Å². The quantitative estimate of drug-likeness (QED) is 0.825. The molecule has 6 nitrogen and oxygen atoms in total. The summed E-state index contributed by atoms with van der Waals surface area (Å²) in [6, 6.07) is 0. The van der Waals surface area contributed by atoms with Crippen molar-refractivity contribution >= 4 is 37.8 Å². The van der Waals surface area contributed by atoms with Crippen LogP contribution in [0.3, 0.4) is 0 Å². The minimum absolute atomic E-state index is 0.0120.